The Morgan fingerprint density at radius 2 is 0.982 bits per heavy atom. The number of nitrogens with one attached hydrogen (secondary N) is 1. The van der Waals surface area contributed by atoms with E-state index < -0.39 is 5.41 Å². The first-order chi connectivity index (χ1) is 27.8. The highest BCUT2D eigenvalue weighted by atomic mass is 16.5. The Kier molecular flexibility index (Phi) is 7.42. The molecule has 264 valence electrons. The van der Waals surface area contributed by atoms with Crippen molar-refractivity contribution >= 4 is 11.7 Å². The van der Waals surface area contributed by atoms with Gasteiger partial charge in [0.2, 0.25) is 0 Å². The van der Waals surface area contributed by atoms with Crippen molar-refractivity contribution in [2.75, 3.05) is 0 Å². The normalized spacial score (nSPS) is 15.6. The van der Waals surface area contributed by atoms with Crippen molar-refractivity contribution in [2.45, 2.75) is 11.6 Å². The van der Waals surface area contributed by atoms with Crippen LogP contribution < -0.4 is 10.1 Å². The Hall–Kier alpha value is -7.30. The summed E-state index contributed by atoms with van der Waals surface area (Å²) >= 11 is 0. The molecule has 1 aliphatic carbocycles. The molecule has 0 bridgehead atoms. The lowest BCUT2D eigenvalue weighted by molar-refractivity contribution is 0.436. The van der Waals surface area contributed by atoms with Crippen LogP contribution in [-0.4, -0.2) is 11.7 Å². The number of aliphatic imine (C=N–C) groups is 2. The molecular weight excluding hydrogens is 683 g/mol. The third-order valence-corrected chi connectivity index (χ3v) is 11.4. The molecule has 0 aromatic heterocycles. The molecule has 1 spiro atoms. The first kappa shape index (κ1) is 32.2. The Labute approximate surface area is 326 Å². The fourth-order valence-electron chi connectivity index (χ4n) is 8.95. The summed E-state index contributed by atoms with van der Waals surface area (Å²) in [6, 6.07) is 70.9. The molecule has 0 amide bonds. The fourth-order valence-corrected chi connectivity index (χ4v) is 8.95. The average Bonchev–Trinajstić information content (AvgIpc) is 3.58. The summed E-state index contributed by atoms with van der Waals surface area (Å²) in [5.74, 6) is 3.32. The van der Waals surface area contributed by atoms with Crippen molar-refractivity contribution in [3.63, 3.8) is 0 Å². The maximum Gasteiger partial charge on any atom is 0.159 e. The van der Waals surface area contributed by atoms with Gasteiger partial charge in [0.15, 0.2) is 5.84 Å². The summed E-state index contributed by atoms with van der Waals surface area (Å²) < 4.78 is 6.55. The summed E-state index contributed by atoms with van der Waals surface area (Å²) in [5.41, 5.74) is 14.7. The predicted molar refractivity (Wildman–Crippen MR) is 227 cm³/mol. The van der Waals surface area contributed by atoms with Gasteiger partial charge in [-0.2, -0.15) is 0 Å². The minimum atomic E-state index is -0.499. The van der Waals surface area contributed by atoms with Gasteiger partial charge in [-0.3, -0.25) is 0 Å². The van der Waals surface area contributed by atoms with Gasteiger partial charge in [-0.15, -0.1) is 0 Å². The highest BCUT2D eigenvalue weighted by Gasteiger charge is 2.51. The molecule has 8 aromatic carbocycles. The van der Waals surface area contributed by atoms with Gasteiger partial charge in [0.05, 0.1) is 5.41 Å². The Balaban J connectivity index is 0.991. The number of nitrogens with zero attached hydrogens (tertiary/aromatic N) is 2. The molecule has 0 saturated carbocycles. The second-order valence-electron chi connectivity index (χ2n) is 14.5. The van der Waals surface area contributed by atoms with Crippen LogP contribution in [-0.2, 0) is 5.41 Å². The quantitative estimate of drug-likeness (QED) is 0.193. The standard InChI is InChI=1S/C52H35N3O/c1-3-15-35(16-4-1)49-53-50(36-17-5-2-6-18-36)55-51(54-49)37-31-29-34(30-32-37)38-19-13-20-39(33-38)40-22-14-26-45-48(40)41-21-7-8-23-42(41)52(45)43-24-9-11-27-46(43)56-47-28-12-10-25-44(47)52/h1-33,49H,(H,53,54,55). The molecule has 2 aliphatic heterocycles. The minimum absolute atomic E-state index is 0.241. The number of fused-ring (bicyclic) bond motifs is 9. The molecule has 56 heavy (non-hydrogen) atoms. The van der Waals surface area contributed by atoms with Crippen LogP contribution >= 0.6 is 0 Å². The number of benzene rings is 8. The van der Waals surface area contributed by atoms with E-state index in [1.54, 1.807) is 0 Å². The number of rotatable bonds is 5. The van der Waals surface area contributed by atoms with Crippen molar-refractivity contribution in [3.05, 3.63) is 239 Å². The largest absolute Gasteiger partial charge is 0.457 e. The zero-order valence-corrected chi connectivity index (χ0v) is 30.4. The van der Waals surface area contributed by atoms with E-state index in [1.165, 1.54) is 44.5 Å². The van der Waals surface area contributed by atoms with Crippen molar-refractivity contribution in [3.8, 4) is 44.9 Å². The Bertz CT molecular complexity index is 2810. The van der Waals surface area contributed by atoms with Crippen LogP contribution in [0.25, 0.3) is 33.4 Å². The topological polar surface area (TPSA) is 46.0 Å². The lowest BCUT2D eigenvalue weighted by atomic mass is 9.66. The molecule has 3 aliphatic rings. The number of hydrogen-bond acceptors (Lipinski definition) is 4. The zero-order valence-electron chi connectivity index (χ0n) is 30.4. The van der Waals surface area contributed by atoms with E-state index in [0.29, 0.717) is 0 Å². The molecule has 4 heteroatoms. The Morgan fingerprint density at radius 1 is 0.429 bits per heavy atom. The van der Waals surface area contributed by atoms with Gasteiger partial charge >= 0.3 is 0 Å². The fraction of sp³-hybridized carbons (Fsp3) is 0.0385. The number of ether oxygens (including phenoxy) is 1. The van der Waals surface area contributed by atoms with Crippen molar-refractivity contribution in [1.82, 2.24) is 5.32 Å². The van der Waals surface area contributed by atoms with E-state index in [9.17, 15) is 0 Å². The SMILES string of the molecule is c1ccc(C2=NC(c3ccccc3)NC(c3ccc(-c4cccc(-c5cccc6c5-c5ccccc5C65c6ccccc6Oc6ccccc65)c4)cc3)=N2)cc1. The zero-order chi connectivity index (χ0) is 37.1. The number of para-hydroxylation sites is 2. The van der Waals surface area contributed by atoms with E-state index in [0.717, 1.165) is 51.0 Å². The highest BCUT2D eigenvalue weighted by molar-refractivity contribution is 6.13. The van der Waals surface area contributed by atoms with Gasteiger partial charge in [0, 0.05) is 22.3 Å². The van der Waals surface area contributed by atoms with Crippen LogP contribution in [0.3, 0.4) is 0 Å². The highest BCUT2D eigenvalue weighted by Crippen LogP contribution is 2.63. The summed E-state index contributed by atoms with van der Waals surface area (Å²) in [7, 11) is 0. The molecule has 1 atom stereocenters. The van der Waals surface area contributed by atoms with Crippen molar-refractivity contribution in [1.29, 1.82) is 0 Å². The second-order valence-corrected chi connectivity index (χ2v) is 14.5. The van der Waals surface area contributed by atoms with Crippen LogP contribution in [0.1, 0.15) is 45.1 Å². The third kappa shape index (κ3) is 5.00. The molecule has 11 rings (SSSR count). The molecule has 8 aromatic rings. The lowest BCUT2D eigenvalue weighted by Crippen LogP contribution is -2.33. The van der Waals surface area contributed by atoms with E-state index >= 15 is 0 Å². The summed E-state index contributed by atoms with van der Waals surface area (Å²) in [4.78, 5) is 10.0. The molecule has 1 unspecified atom stereocenters. The van der Waals surface area contributed by atoms with Crippen LogP contribution in [0.4, 0.5) is 0 Å². The van der Waals surface area contributed by atoms with Crippen LogP contribution in [0.5, 0.6) is 11.5 Å². The van der Waals surface area contributed by atoms with E-state index in [4.69, 9.17) is 14.7 Å². The summed E-state index contributed by atoms with van der Waals surface area (Å²) in [6.45, 7) is 0. The van der Waals surface area contributed by atoms with Crippen molar-refractivity contribution < 1.29 is 4.74 Å². The number of amidine groups is 2. The van der Waals surface area contributed by atoms with Crippen LogP contribution in [0, 0.1) is 0 Å². The summed E-state index contributed by atoms with van der Waals surface area (Å²) in [6.07, 6.45) is -0.241. The molecule has 0 saturated heterocycles. The molecule has 0 radical (unpaired) electrons. The van der Waals surface area contributed by atoms with Gasteiger partial charge < -0.3 is 10.1 Å². The van der Waals surface area contributed by atoms with Crippen LogP contribution in [0.2, 0.25) is 0 Å². The Morgan fingerprint density at radius 3 is 1.73 bits per heavy atom. The third-order valence-electron chi connectivity index (χ3n) is 11.4. The van der Waals surface area contributed by atoms with E-state index in [2.05, 4.69) is 169 Å². The van der Waals surface area contributed by atoms with Gasteiger partial charge in [-0.1, -0.05) is 182 Å². The second kappa shape index (κ2) is 12.9. The molecular formula is C52H35N3O. The molecule has 2 heterocycles. The smallest absolute Gasteiger partial charge is 0.159 e. The van der Waals surface area contributed by atoms with E-state index in [-0.39, 0.29) is 6.17 Å². The van der Waals surface area contributed by atoms with Gasteiger partial charge in [-0.05, 0) is 68.3 Å². The van der Waals surface area contributed by atoms with Gasteiger partial charge in [-0.25, -0.2) is 9.98 Å². The molecule has 4 nitrogen and oxygen atoms in total. The summed E-state index contributed by atoms with van der Waals surface area (Å²) in [5, 5.41) is 3.60. The first-order valence-electron chi connectivity index (χ1n) is 19.1. The van der Waals surface area contributed by atoms with E-state index in [1.807, 2.05) is 36.4 Å². The van der Waals surface area contributed by atoms with Gasteiger partial charge in [0.1, 0.15) is 23.5 Å². The van der Waals surface area contributed by atoms with Crippen LogP contribution in [0.15, 0.2) is 210 Å². The lowest BCUT2D eigenvalue weighted by Gasteiger charge is -2.39. The van der Waals surface area contributed by atoms with Gasteiger partial charge in [0.25, 0.3) is 0 Å². The maximum atomic E-state index is 6.55. The van der Waals surface area contributed by atoms with Crippen molar-refractivity contribution in [2.24, 2.45) is 9.98 Å². The monoisotopic (exact) mass is 717 g/mol. The minimum Gasteiger partial charge on any atom is -0.457 e. The first-order valence-corrected chi connectivity index (χ1v) is 19.1. The predicted octanol–water partition coefficient (Wildman–Crippen LogP) is 12.0. The average molecular weight is 718 g/mol. The maximum absolute atomic E-state index is 6.55. The molecule has 0 fully saturated rings. The molecule has 1 N–H and O–H groups in total. The number of hydrogen-bond donors (Lipinski definition) is 1.